The first-order valence-corrected chi connectivity index (χ1v) is 7.05. The Balaban J connectivity index is 1.93. The van der Waals surface area contributed by atoms with E-state index >= 15 is 0 Å². The Kier molecular flexibility index (Phi) is 5.59. The highest BCUT2D eigenvalue weighted by atomic mass is 16.2. The Hall–Kier alpha value is -2.55. The first kappa shape index (κ1) is 14.9. The average Bonchev–Trinajstić information content (AvgIpc) is 2.49. The van der Waals surface area contributed by atoms with Crippen molar-refractivity contribution in [1.82, 2.24) is 5.32 Å². The molecule has 0 aliphatic rings. The predicted molar refractivity (Wildman–Crippen MR) is 87.3 cm³/mol. The van der Waals surface area contributed by atoms with E-state index in [1.54, 1.807) is 0 Å². The molecule has 3 nitrogen and oxygen atoms in total. The number of rotatable bonds is 6. The van der Waals surface area contributed by atoms with Crippen LogP contribution in [0.15, 0.2) is 73.3 Å². The fraction of sp³-hybridized carbons (Fsp3) is 0.167. The number of urea groups is 1. The Morgan fingerprint density at radius 2 is 1.67 bits per heavy atom. The highest BCUT2D eigenvalue weighted by Gasteiger charge is 2.11. The van der Waals surface area contributed by atoms with Crippen molar-refractivity contribution in [3.05, 3.63) is 78.9 Å². The lowest BCUT2D eigenvalue weighted by Gasteiger charge is -2.18. The minimum absolute atomic E-state index is 0.0358. The number of anilines is 1. The zero-order chi connectivity index (χ0) is 14.9. The van der Waals surface area contributed by atoms with Gasteiger partial charge in [-0.3, -0.25) is 0 Å². The lowest BCUT2D eigenvalue weighted by Crippen LogP contribution is -2.39. The van der Waals surface area contributed by atoms with Crippen molar-refractivity contribution in [3.63, 3.8) is 0 Å². The molecule has 0 aromatic heterocycles. The van der Waals surface area contributed by atoms with Crippen molar-refractivity contribution >= 4 is 11.7 Å². The van der Waals surface area contributed by atoms with Crippen LogP contribution in [-0.2, 0) is 6.42 Å². The van der Waals surface area contributed by atoms with Gasteiger partial charge in [-0.15, -0.1) is 6.58 Å². The molecule has 2 aromatic rings. The van der Waals surface area contributed by atoms with E-state index in [-0.39, 0.29) is 12.1 Å². The summed E-state index contributed by atoms with van der Waals surface area (Å²) in [6.45, 7) is 3.76. The van der Waals surface area contributed by atoms with Crippen LogP contribution in [0.1, 0.15) is 12.0 Å². The minimum Gasteiger partial charge on any atom is -0.334 e. The van der Waals surface area contributed by atoms with Crippen LogP contribution in [0.4, 0.5) is 10.5 Å². The van der Waals surface area contributed by atoms with Crippen molar-refractivity contribution in [2.24, 2.45) is 0 Å². The van der Waals surface area contributed by atoms with Crippen LogP contribution in [0.5, 0.6) is 0 Å². The van der Waals surface area contributed by atoms with Crippen LogP contribution in [0.2, 0.25) is 0 Å². The summed E-state index contributed by atoms with van der Waals surface area (Å²) in [4.78, 5) is 12.0. The maximum Gasteiger partial charge on any atom is 0.319 e. The van der Waals surface area contributed by atoms with E-state index in [9.17, 15) is 4.79 Å². The number of amides is 2. The summed E-state index contributed by atoms with van der Waals surface area (Å²) in [6, 6.07) is 19.4. The van der Waals surface area contributed by atoms with Gasteiger partial charge in [0.25, 0.3) is 0 Å². The first-order chi connectivity index (χ1) is 10.3. The largest absolute Gasteiger partial charge is 0.334 e. The van der Waals surface area contributed by atoms with Crippen molar-refractivity contribution in [1.29, 1.82) is 0 Å². The molecule has 0 bridgehead atoms. The zero-order valence-electron chi connectivity index (χ0n) is 12.0. The molecule has 2 N–H and O–H groups in total. The Labute approximate surface area is 125 Å². The van der Waals surface area contributed by atoms with E-state index in [1.165, 1.54) is 5.56 Å². The van der Waals surface area contributed by atoms with Crippen LogP contribution >= 0.6 is 0 Å². The second-order valence-electron chi connectivity index (χ2n) is 4.88. The Bertz CT molecular complexity index is 566. The van der Waals surface area contributed by atoms with Crippen LogP contribution in [-0.4, -0.2) is 12.1 Å². The van der Waals surface area contributed by atoms with Gasteiger partial charge in [0.05, 0.1) is 0 Å². The molecule has 21 heavy (non-hydrogen) atoms. The van der Waals surface area contributed by atoms with Gasteiger partial charge in [0, 0.05) is 11.7 Å². The third kappa shape index (κ3) is 5.15. The normalized spacial score (nSPS) is 11.4. The fourth-order valence-electron chi connectivity index (χ4n) is 2.17. The molecule has 0 unspecified atom stereocenters. The third-order valence-electron chi connectivity index (χ3n) is 3.14. The topological polar surface area (TPSA) is 41.1 Å². The number of carbonyl (C=O) groups excluding carboxylic acids is 1. The number of hydrogen-bond donors (Lipinski definition) is 2. The van der Waals surface area contributed by atoms with Gasteiger partial charge in [-0.05, 0) is 30.5 Å². The summed E-state index contributed by atoms with van der Waals surface area (Å²) < 4.78 is 0. The second kappa shape index (κ2) is 7.90. The minimum atomic E-state index is -0.191. The smallest absolute Gasteiger partial charge is 0.319 e. The van der Waals surface area contributed by atoms with Gasteiger partial charge in [0.2, 0.25) is 0 Å². The van der Waals surface area contributed by atoms with Gasteiger partial charge >= 0.3 is 6.03 Å². The van der Waals surface area contributed by atoms with Gasteiger partial charge < -0.3 is 10.6 Å². The summed E-state index contributed by atoms with van der Waals surface area (Å²) in [5, 5.41) is 5.83. The van der Waals surface area contributed by atoms with Gasteiger partial charge in [0.1, 0.15) is 0 Å². The Morgan fingerprint density at radius 3 is 2.29 bits per heavy atom. The van der Waals surface area contributed by atoms with Gasteiger partial charge in [-0.2, -0.15) is 0 Å². The lowest BCUT2D eigenvalue weighted by atomic mass is 10.0. The maximum atomic E-state index is 12.0. The molecule has 1 atom stereocenters. The average molecular weight is 280 g/mol. The maximum absolute atomic E-state index is 12.0. The van der Waals surface area contributed by atoms with E-state index in [1.807, 2.05) is 54.6 Å². The monoisotopic (exact) mass is 280 g/mol. The molecule has 0 saturated heterocycles. The van der Waals surface area contributed by atoms with E-state index in [2.05, 4.69) is 29.3 Å². The molecule has 108 valence electrons. The van der Waals surface area contributed by atoms with Gasteiger partial charge in [-0.1, -0.05) is 54.6 Å². The molecule has 2 rings (SSSR count). The summed E-state index contributed by atoms with van der Waals surface area (Å²) in [5.74, 6) is 0. The number of carbonyl (C=O) groups is 1. The number of hydrogen-bond acceptors (Lipinski definition) is 1. The number of benzene rings is 2. The SMILES string of the molecule is C=CC[C@@H](Cc1ccccc1)NC(=O)Nc1ccccc1. The van der Waals surface area contributed by atoms with Crippen LogP contribution in [0, 0.1) is 0 Å². The fourth-order valence-corrected chi connectivity index (χ4v) is 2.17. The quantitative estimate of drug-likeness (QED) is 0.772. The third-order valence-corrected chi connectivity index (χ3v) is 3.14. The number of para-hydroxylation sites is 1. The lowest BCUT2D eigenvalue weighted by molar-refractivity contribution is 0.248. The second-order valence-corrected chi connectivity index (χ2v) is 4.88. The molecule has 0 heterocycles. The molecule has 2 aromatic carbocycles. The highest BCUT2D eigenvalue weighted by molar-refractivity contribution is 5.89. The predicted octanol–water partition coefficient (Wildman–Crippen LogP) is 4.00. The summed E-state index contributed by atoms with van der Waals surface area (Å²) in [7, 11) is 0. The van der Waals surface area contributed by atoms with Crippen LogP contribution in [0.25, 0.3) is 0 Å². The molecule has 2 amide bonds. The molecule has 0 spiro atoms. The summed E-state index contributed by atoms with van der Waals surface area (Å²) >= 11 is 0. The standard InChI is InChI=1S/C18H20N2O/c1-2-9-17(14-15-10-5-3-6-11-15)20-18(21)19-16-12-7-4-8-13-16/h2-8,10-13,17H,1,9,14H2,(H2,19,20,21)/t17-/m0/s1. The number of nitrogens with one attached hydrogen (secondary N) is 2. The summed E-state index contributed by atoms with van der Waals surface area (Å²) in [5.41, 5.74) is 1.98. The van der Waals surface area contributed by atoms with E-state index in [0.29, 0.717) is 0 Å². The Morgan fingerprint density at radius 1 is 1.05 bits per heavy atom. The van der Waals surface area contributed by atoms with E-state index in [0.717, 1.165) is 18.5 Å². The molecule has 0 saturated carbocycles. The molecule has 0 aliphatic heterocycles. The summed E-state index contributed by atoms with van der Waals surface area (Å²) in [6.07, 6.45) is 3.35. The van der Waals surface area contributed by atoms with Crippen molar-refractivity contribution in [2.45, 2.75) is 18.9 Å². The molecule has 0 radical (unpaired) electrons. The molecular formula is C18H20N2O. The van der Waals surface area contributed by atoms with Crippen LogP contribution < -0.4 is 10.6 Å². The highest BCUT2D eigenvalue weighted by Crippen LogP contribution is 2.08. The molecule has 3 heteroatoms. The van der Waals surface area contributed by atoms with Crippen LogP contribution in [0.3, 0.4) is 0 Å². The van der Waals surface area contributed by atoms with Gasteiger partial charge in [0.15, 0.2) is 0 Å². The first-order valence-electron chi connectivity index (χ1n) is 7.05. The van der Waals surface area contributed by atoms with E-state index < -0.39 is 0 Å². The van der Waals surface area contributed by atoms with Crippen molar-refractivity contribution in [3.8, 4) is 0 Å². The van der Waals surface area contributed by atoms with E-state index in [4.69, 9.17) is 0 Å². The van der Waals surface area contributed by atoms with Crippen molar-refractivity contribution in [2.75, 3.05) is 5.32 Å². The molecular weight excluding hydrogens is 260 g/mol. The van der Waals surface area contributed by atoms with Crippen molar-refractivity contribution < 1.29 is 4.79 Å². The molecule has 0 aliphatic carbocycles. The van der Waals surface area contributed by atoms with Gasteiger partial charge in [-0.25, -0.2) is 4.79 Å². The zero-order valence-corrected chi connectivity index (χ0v) is 12.0. The molecule has 0 fully saturated rings.